The van der Waals surface area contributed by atoms with Crippen LogP contribution in [0.5, 0.6) is 0 Å². The summed E-state index contributed by atoms with van der Waals surface area (Å²) in [6.45, 7) is 3.15. The predicted molar refractivity (Wildman–Crippen MR) is 48.5 cm³/mol. The highest BCUT2D eigenvalue weighted by molar-refractivity contribution is 5.60. The van der Waals surface area contributed by atoms with Gasteiger partial charge in [0.25, 0.3) is 0 Å². The van der Waals surface area contributed by atoms with Crippen molar-refractivity contribution in [2.45, 2.75) is 25.9 Å². The lowest BCUT2D eigenvalue weighted by atomic mass is 9.82. The van der Waals surface area contributed by atoms with Crippen molar-refractivity contribution in [2.24, 2.45) is 5.92 Å². The number of nitrogens with one attached hydrogen (secondary N) is 1. The Morgan fingerprint density at radius 2 is 2.23 bits per heavy atom. The fourth-order valence-corrected chi connectivity index (χ4v) is 1.51. The Morgan fingerprint density at radius 1 is 1.54 bits per heavy atom. The van der Waals surface area contributed by atoms with Crippen LogP contribution in [-0.2, 0) is 9.47 Å². The Hall–Kier alpha value is -0.770. The van der Waals surface area contributed by atoms with E-state index >= 15 is 0 Å². The van der Waals surface area contributed by atoms with Crippen molar-refractivity contribution in [1.29, 1.82) is 0 Å². The van der Waals surface area contributed by atoms with Crippen molar-refractivity contribution in [1.82, 2.24) is 5.32 Å². The molecule has 0 atom stereocenters. The Balaban J connectivity index is 2.04. The van der Waals surface area contributed by atoms with Gasteiger partial charge in [0, 0.05) is 0 Å². The topological polar surface area (TPSA) is 47.6 Å². The van der Waals surface area contributed by atoms with Gasteiger partial charge in [0.2, 0.25) is 0 Å². The molecule has 0 saturated heterocycles. The molecule has 4 nitrogen and oxygen atoms in total. The second-order valence-corrected chi connectivity index (χ2v) is 3.32. The van der Waals surface area contributed by atoms with E-state index < -0.39 is 6.16 Å². The highest BCUT2D eigenvalue weighted by atomic mass is 16.7. The predicted octanol–water partition coefficient (Wildman–Crippen LogP) is 1.16. The minimum absolute atomic E-state index is 0.0809. The van der Waals surface area contributed by atoms with E-state index in [2.05, 4.69) is 10.1 Å². The van der Waals surface area contributed by atoms with Crippen LogP contribution in [0.2, 0.25) is 0 Å². The lowest BCUT2D eigenvalue weighted by molar-refractivity contribution is -0.0233. The largest absolute Gasteiger partial charge is 0.508 e. The van der Waals surface area contributed by atoms with Crippen molar-refractivity contribution in [3.63, 3.8) is 0 Å². The maximum atomic E-state index is 10.9. The SMILES string of the molecule is CCOC(=O)OC1CC(CNC)C1. The maximum absolute atomic E-state index is 10.9. The molecular formula is C9H17NO3. The van der Waals surface area contributed by atoms with Gasteiger partial charge in [-0.15, -0.1) is 0 Å². The molecule has 0 bridgehead atoms. The molecular weight excluding hydrogens is 170 g/mol. The molecule has 1 rings (SSSR count). The highest BCUT2D eigenvalue weighted by Gasteiger charge is 2.31. The molecule has 1 N–H and O–H groups in total. The molecule has 1 aliphatic rings. The molecule has 0 unspecified atom stereocenters. The molecule has 0 amide bonds. The van der Waals surface area contributed by atoms with Crippen LogP contribution >= 0.6 is 0 Å². The van der Waals surface area contributed by atoms with Crippen LogP contribution < -0.4 is 5.32 Å². The van der Waals surface area contributed by atoms with Gasteiger partial charge in [-0.1, -0.05) is 0 Å². The van der Waals surface area contributed by atoms with Gasteiger partial charge in [-0.2, -0.15) is 0 Å². The summed E-state index contributed by atoms with van der Waals surface area (Å²) >= 11 is 0. The Labute approximate surface area is 78.6 Å². The minimum atomic E-state index is -0.532. The van der Waals surface area contributed by atoms with Crippen molar-refractivity contribution >= 4 is 6.16 Å². The first-order valence-electron chi connectivity index (χ1n) is 4.74. The van der Waals surface area contributed by atoms with Crippen LogP contribution in [-0.4, -0.2) is 32.5 Å². The van der Waals surface area contributed by atoms with E-state index in [0.29, 0.717) is 12.5 Å². The van der Waals surface area contributed by atoms with Gasteiger partial charge in [-0.25, -0.2) is 4.79 Å². The summed E-state index contributed by atoms with van der Waals surface area (Å²) < 4.78 is 9.68. The summed E-state index contributed by atoms with van der Waals surface area (Å²) in [6, 6.07) is 0. The van der Waals surface area contributed by atoms with Gasteiger partial charge in [0.05, 0.1) is 6.61 Å². The summed E-state index contributed by atoms with van der Waals surface area (Å²) in [5.41, 5.74) is 0. The average molecular weight is 187 g/mol. The fraction of sp³-hybridized carbons (Fsp3) is 0.889. The van der Waals surface area contributed by atoms with Crippen LogP contribution in [0.4, 0.5) is 4.79 Å². The monoisotopic (exact) mass is 187 g/mol. The van der Waals surface area contributed by atoms with E-state index in [9.17, 15) is 4.79 Å². The molecule has 1 aliphatic carbocycles. The second-order valence-electron chi connectivity index (χ2n) is 3.32. The average Bonchev–Trinajstić information content (AvgIpc) is 2.01. The fourth-order valence-electron chi connectivity index (χ4n) is 1.51. The van der Waals surface area contributed by atoms with E-state index in [1.165, 1.54) is 0 Å². The Bertz CT molecular complexity index is 166. The van der Waals surface area contributed by atoms with Gasteiger partial charge in [0.15, 0.2) is 0 Å². The van der Waals surface area contributed by atoms with Gasteiger partial charge in [-0.3, -0.25) is 0 Å². The quantitative estimate of drug-likeness (QED) is 0.671. The lowest BCUT2D eigenvalue weighted by Gasteiger charge is -2.33. The summed E-state index contributed by atoms with van der Waals surface area (Å²) in [6.07, 6.45) is 1.46. The van der Waals surface area contributed by atoms with E-state index in [4.69, 9.17) is 4.74 Å². The highest BCUT2D eigenvalue weighted by Crippen LogP contribution is 2.29. The molecule has 1 fully saturated rings. The molecule has 0 radical (unpaired) electrons. The molecule has 0 spiro atoms. The molecule has 0 aromatic carbocycles. The third kappa shape index (κ3) is 3.22. The normalized spacial score (nSPS) is 26.3. The van der Waals surface area contributed by atoms with Gasteiger partial charge in [-0.05, 0) is 39.3 Å². The van der Waals surface area contributed by atoms with Crippen LogP contribution in [0, 0.1) is 5.92 Å². The summed E-state index contributed by atoms with van der Waals surface area (Å²) in [4.78, 5) is 10.9. The number of rotatable bonds is 4. The Morgan fingerprint density at radius 3 is 2.77 bits per heavy atom. The summed E-state index contributed by atoms with van der Waals surface area (Å²) in [5, 5.41) is 3.10. The van der Waals surface area contributed by atoms with Gasteiger partial charge < -0.3 is 14.8 Å². The number of hydrogen-bond acceptors (Lipinski definition) is 4. The standard InChI is InChI=1S/C9H17NO3/c1-3-12-9(11)13-8-4-7(5-8)6-10-2/h7-8,10H,3-6H2,1-2H3. The molecule has 1 saturated carbocycles. The van der Waals surface area contributed by atoms with Crippen LogP contribution in [0.3, 0.4) is 0 Å². The zero-order valence-electron chi connectivity index (χ0n) is 8.21. The minimum Gasteiger partial charge on any atom is -0.435 e. The van der Waals surface area contributed by atoms with E-state index in [0.717, 1.165) is 19.4 Å². The Kier molecular flexibility index (Phi) is 4.02. The zero-order valence-corrected chi connectivity index (χ0v) is 8.21. The maximum Gasteiger partial charge on any atom is 0.508 e. The molecule has 0 aliphatic heterocycles. The van der Waals surface area contributed by atoms with Crippen molar-refractivity contribution in [3.8, 4) is 0 Å². The number of ether oxygens (including phenoxy) is 2. The van der Waals surface area contributed by atoms with Crippen molar-refractivity contribution < 1.29 is 14.3 Å². The van der Waals surface area contributed by atoms with Crippen LogP contribution in [0.25, 0.3) is 0 Å². The van der Waals surface area contributed by atoms with E-state index in [1.54, 1.807) is 6.92 Å². The first kappa shape index (κ1) is 10.3. The molecule has 0 aromatic rings. The first-order valence-corrected chi connectivity index (χ1v) is 4.74. The lowest BCUT2D eigenvalue weighted by Crippen LogP contribution is -2.38. The molecule has 76 valence electrons. The number of carbonyl (C=O) groups is 1. The van der Waals surface area contributed by atoms with Crippen LogP contribution in [0.15, 0.2) is 0 Å². The third-order valence-electron chi connectivity index (χ3n) is 2.21. The summed E-state index contributed by atoms with van der Waals surface area (Å²) in [7, 11) is 1.93. The van der Waals surface area contributed by atoms with Crippen molar-refractivity contribution in [2.75, 3.05) is 20.2 Å². The first-order chi connectivity index (χ1) is 6.26. The molecule has 13 heavy (non-hydrogen) atoms. The third-order valence-corrected chi connectivity index (χ3v) is 2.21. The van der Waals surface area contributed by atoms with E-state index in [-0.39, 0.29) is 6.10 Å². The summed E-state index contributed by atoms with van der Waals surface area (Å²) in [5.74, 6) is 0.657. The van der Waals surface area contributed by atoms with Gasteiger partial charge in [0.1, 0.15) is 6.10 Å². The van der Waals surface area contributed by atoms with Gasteiger partial charge >= 0.3 is 6.16 Å². The molecule has 4 heteroatoms. The zero-order chi connectivity index (χ0) is 9.68. The van der Waals surface area contributed by atoms with Crippen LogP contribution in [0.1, 0.15) is 19.8 Å². The molecule has 0 heterocycles. The van der Waals surface area contributed by atoms with E-state index in [1.807, 2.05) is 7.05 Å². The number of carbonyl (C=O) groups excluding carboxylic acids is 1. The second kappa shape index (κ2) is 5.07. The number of hydrogen-bond donors (Lipinski definition) is 1. The van der Waals surface area contributed by atoms with Crippen molar-refractivity contribution in [3.05, 3.63) is 0 Å². The smallest absolute Gasteiger partial charge is 0.435 e. The molecule has 0 aromatic heterocycles.